The SMILES string of the molecule is CC[C@H](C(=O)NC)N(Cc1cccc(OC)c1)C(=O)CN(c1cccc(Cl)c1)S(C)(=O)=O. The number of ether oxygens (including phenoxy) is 1. The molecular formula is C22H28ClN3O5S. The van der Waals surface area contributed by atoms with E-state index in [4.69, 9.17) is 16.3 Å². The van der Waals surface area contributed by atoms with E-state index < -0.39 is 28.5 Å². The molecule has 0 aliphatic carbocycles. The molecule has 0 saturated heterocycles. The van der Waals surface area contributed by atoms with E-state index in [1.165, 1.54) is 25.1 Å². The lowest BCUT2D eigenvalue weighted by atomic mass is 10.1. The monoisotopic (exact) mass is 481 g/mol. The van der Waals surface area contributed by atoms with Gasteiger partial charge in [-0.2, -0.15) is 0 Å². The standard InChI is InChI=1S/C22H28ClN3O5S/c1-5-20(22(28)24-2)25(14-16-8-6-11-19(12-16)31-3)21(27)15-26(32(4,29)30)18-10-7-9-17(23)13-18/h6-13,20H,5,14-15H2,1-4H3,(H,24,28)/t20-/m1/s1. The maximum atomic E-state index is 13.4. The number of halogens is 1. The Kier molecular flexibility index (Phi) is 8.91. The molecule has 0 bridgehead atoms. The first-order chi connectivity index (χ1) is 15.1. The van der Waals surface area contributed by atoms with Crippen molar-refractivity contribution in [3.8, 4) is 5.75 Å². The Labute approximate surface area is 194 Å². The Bertz CT molecular complexity index is 1060. The van der Waals surface area contributed by atoms with Gasteiger partial charge in [0.2, 0.25) is 21.8 Å². The molecule has 2 aromatic rings. The first-order valence-electron chi connectivity index (χ1n) is 9.98. The Morgan fingerprint density at radius 2 is 1.84 bits per heavy atom. The molecule has 2 aromatic carbocycles. The molecule has 2 rings (SSSR count). The number of rotatable bonds is 10. The van der Waals surface area contributed by atoms with E-state index >= 15 is 0 Å². The Balaban J connectivity index is 2.43. The molecular weight excluding hydrogens is 454 g/mol. The largest absolute Gasteiger partial charge is 0.497 e. The third-order valence-electron chi connectivity index (χ3n) is 4.89. The third kappa shape index (κ3) is 6.61. The van der Waals surface area contributed by atoms with Crippen LogP contribution in [0.25, 0.3) is 0 Å². The Hall–Kier alpha value is -2.78. The molecule has 174 valence electrons. The van der Waals surface area contributed by atoms with Gasteiger partial charge in [0.1, 0.15) is 18.3 Å². The fourth-order valence-corrected chi connectivity index (χ4v) is 4.32. The molecule has 0 aromatic heterocycles. The zero-order valence-electron chi connectivity index (χ0n) is 18.5. The van der Waals surface area contributed by atoms with Crippen molar-refractivity contribution in [2.75, 3.05) is 31.3 Å². The predicted octanol–water partition coefficient (Wildman–Crippen LogP) is 2.67. The van der Waals surface area contributed by atoms with E-state index in [1.807, 2.05) is 6.07 Å². The molecule has 0 saturated carbocycles. The van der Waals surface area contributed by atoms with Crippen LogP contribution in [-0.4, -0.2) is 58.1 Å². The Morgan fingerprint density at radius 1 is 1.16 bits per heavy atom. The van der Waals surface area contributed by atoms with Gasteiger partial charge >= 0.3 is 0 Å². The number of nitrogens with one attached hydrogen (secondary N) is 1. The predicted molar refractivity (Wildman–Crippen MR) is 125 cm³/mol. The number of benzene rings is 2. The van der Waals surface area contributed by atoms with Gasteiger partial charge in [-0.25, -0.2) is 8.42 Å². The van der Waals surface area contributed by atoms with Crippen LogP contribution in [0.2, 0.25) is 5.02 Å². The topological polar surface area (TPSA) is 96.0 Å². The molecule has 2 amide bonds. The summed E-state index contributed by atoms with van der Waals surface area (Å²) in [5.74, 6) is -0.245. The lowest BCUT2D eigenvalue weighted by Gasteiger charge is -2.32. The number of sulfonamides is 1. The van der Waals surface area contributed by atoms with Gasteiger partial charge in [0.05, 0.1) is 19.1 Å². The highest BCUT2D eigenvalue weighted by molar-refractivity contribution is 7.92. The summed E-state index contributed by atoms with van der Waals surface area (Å²) in [5, 5.41) is 2.92. The van der Waals surface area contributed by atoms with Crippen LogP contribution in [0.1, 0.15) is 18.9 Å². The van der Waals surface area contributed by atoms with Crippen LogP contribution in [0.15, 0.2) is 48.5 Å². The highest BCUT2D eigenvalue weighted by atomic mass is 35.5. The second kappa shape index (κ2) is 11.2. The molecule has 0 aliphatic heterocycles. The van der Waals surface area contributed by atoms with Gasteiger partial charge < -0.3 is 15.0 Å². The second-order valence-corrected chi connectivity index (χ2v) is 9.50. The summed E-state index contributed by atoms with van der Waals surface area (Å²) in [6.07, 6.45) is 1.37. The molecule has 0 fully saturated rings. The van der Waals surface area contributed by atoms with Gasteiger partial charge in [-0.1, -0.05) is 36.7 Å². The van der Waals surface area contributed by atoms with Crippen LogP contribution in [0.3, 0.4) is 0 Å². The van der Waals surface area contributed by atoms with Crippen molar-refractivity contribution in [3.63, 3.8) is 0 Å². The van der Waals surface area contributed by atoms with Gasteiger partial charge in [-0.3, -0.25) is 13.9 Å². The van der Waals surface area contributed by atoms with Crippen molar-refractivity contribution < 1.29 is 22.7 Å². The average molecular weight is 482 g/mol. The Morgan fingerprint density at radius 3 is 2.41 bits per heavy atom. The quantitative estimate of drug-likeness (QED) is 0.562. The van der Waals surface area contributed by atoms with Gasteiger partial charge in [0.15, 0.2) is 0 Å². The number of hydrogen-bond donors (Lipinski definition) is 1. The summed E-state index contributed by atoms with van der Waals surface area (Å²) < 4.78 is 31.2. The minimum atomic E-state index is -3.80. The number of methoxy groups -OCH3 is 1. The zero-order valence-corrected chi connectivity index (χ0v) is 20.1. The number of carbonyl (C=O) groups excluding carboxylic acids is 2. The summed E-state index contributed by atoms with van der Waals surface area (Å²) in [6.45, 7) is 1.42. The van der Waals surface area contributed by atoms with E-state index in [0.717, 1.165) is 16.1 Å². The van der Waals surface area contributed by atoms with Gasteiger partial charge in [-0.15, -0.1) is 0 Å². The second-order valence-electron chi connectivity index (χ2n) is 7.16. The minimum Gasteiger partial charge on any atom is -0.497 e. The lowest BCUT2D eigenvalue weighted by Crippen LogP contribution is -2.51. The summed E-state index contributed by atoms with van der Waals surface area (Å²) in [5.41, 5.74) is 1.01. The summed E-state index contributed by atoms with van der Waals surface area (Å²) in [6, 6.07) is 12.6. The number of hydrogen-bond acceptors (Lipinski definition) is 5. The van der Waals surface area contributed by atoms with Crippen molar-refractivity contribution in [2.24, 2.45) is 0 Å². The van der Waals surface area contributed by atoms with Crippen molar-refractivity contribution in [3.05, 3.63) is 59.1 Å². The molecule has 32 heavy (non-hydrogen) atoms. The number of likely N-dealkylation sites (N-methyl/N-ethyl adjacent to an activating group) is 1. The maximum Gasteiger partial charge on any atom is 0.244 e. The van der Waals surface area contributed by atoms with Crippen molar-refractivity contribution in [2.45, 2.75) is 25.9 Å². The first kappa shape index (κ1) is 25.5. The van der Waals surface area contributed by atoms with Crippen LogP contribution >= 0.6 is 11.6 Å². The molecule has 0 aliphatic rings. The number of nitrogens with zero attached hydrogens (tertiary/aromatic N) is 2. The third-order valence-corrected chi connectivity index (χ3v) is 6.27. The number of amides is 2. The molecule has 0 radical (unpaired) electrons. The number of anilines is 1. The average Bonchev–Trinajstić information content (AvgIpc) is 2.76. The van der Waals surface area contributed by atoms with Gasteiger partial charge in [0, 0.05) is 18.6 Å². The van der Waals surface area contributed by atoms with Gasteiger partial charge in [0.25, 0.3) is 0 Å². The highest BCUT2D eigenvalue weighted by Gasteiger charge is 2.31. The van der Waals surface area contributed by atoms with Crippen LogP contribution in [-0.2, 0) is 26.2 Å². The van der Waals surface area contributed by atoms with Crippen molar-refractivity contribution in [1.82, 2.24) is 10.2 Å². The van der Waals surface area contributed by atoms with Gasteiger partial charge in [-0.05, 0) is 42.3 Å². The fraction of sp³-hybridized carbons (Fsp3) is 0.364. The van der Waals surface area contributed by atoms with E-state index in [-0.39, 0.29) is 18.1 Å². The van der Waals surface area contributed by atoms with E-state index in [2.05, 4.69) is 5.32 Å². The van der Waals surface area contributed by atoms with Crippen LogP contribution in [0.5, 0.6) is 5.75 Å². The smallest absolute Gasteiger partial charge is 0.244 e. The molecule has 0 spiro atoms. The summed E-state index contributed by atoms with van der Waals surface area (Å²) >= 11 is 6.03. The van der Waals surface area contributed by atoms with Crippen LogP contribution < -0.4 is 14.4 Å². The summed E-state index contributed by atoms with van der Waals surface area (Å²) in [7, 11) is -0.766. The highest BCUT2D eigenvalue weighted by Crippen LogP contribution is 2.23. The fourth-order valence-electron chi connectivity index (χ4n) is 3.30. The molecule has 0 heterocycles. The van der Waals surface area contributed by atoms with Crippen LogP contribution in [0, 0.1) is 0 Å². The minimum absolute atomic E-state index is 0.106. The molecule has 8 nitrogen and oxygen atoms in total. The molecule has 0 unspecified atom stereocenters. The molecule has 10 heteroatoms. The van der Waals surface area contributed by atoms with E-state index in [9.17, 15) is 18.0 Å². The van der Waals surface area contributed by atoms with Crippen LogP contribution in [0.4, 0.5) is 5.69 Å². The first-order valence-corrected chi connectivity index (χ1v) is 12.2. The van der Waals surface area contributed by atoms with E-state index in [0.29, 0.717) is 17.2 Å². The summed E-state index contributed by atoms with van der Waals surface area (Å²) in [4.78, 5) is 27.3. The molecule has 1 N–H and O–H groups in total. The lowest BCUT2D eigenvalue weighted by molar-refractivity contribution is -0.140. The molecule has 1 atom stereocenters. The van der Waals surface area contributed by atoms with Crippen molar-refractivity contribution in [1.29, 1.82) is 0 Å². The number of carbonyl (C=O) groups is 2. The normalized spacial score (nSPS) is 12.0. The van der Waals surface area contributed by atoms with Crippen molar-refractivity contribution >= 4 is 39.1 Å². The maximum absolute atomic E-state index is 13.4. The zero-order chi connectivity index (χ0) is 23.9. The van der Waals surface area contributed by atoms with E-state index in [1.54, 1.807) is 43.3 Å².